The summed E-state index contributed by atoms with van der Waals surface area (Å²) in [5.41, 5.74) is 5.20. The SMILES string of the molecule is Cc1ccccc1NCc1ccc(C(C)(C)N2CCOCC2)cc1. The second-order valence-corrected chi connectivity index (χ2v) is 7.02. The van der Waals surface area contributed by atoms with Crippen molar-refractivity contribution in [2.75, 3.05) is 31.6 Å². The first-order valence-corrected chi connectivity index (χ1v) is 8.79. The summed E-state index contributed by atoms with van der Waals surface area (Å²) in [5, 5.41) is 3.52. The summed E-state index contributed by atoms with van der Waals surface area (Å²) in [6.07, 6.45) is 0. The highest BCUT2D eigenvalue weighted by atomic mass is 16.5. The molecule has 1 fully saturated rings. The molecule has 0 spiro atoms. The van der Waals surface area contributed by atoms with Crippen LogP contribution in [-0.2, 0) is 16.8 Å². The smallest absolute Gasteiger partial charge is 0.0594 e. The van der Waals surface area contributed by atoms with Crippen molar-refractivity contribution in [1.82, 2.24) is 4.90 Å². The van der Waals surface area contributed by atoms with E-state index in [1.54, 1.807) is 0 Å². The predicted molar refractivity (Wildman–Crippen MR) is 100 cm³/mol. The maximum absolute atomic E-state index is 5.48. The van der Waals surface area contributed by atoms with E-state index in [0.717, 1.165) is 32.8 Å². The van der Waals surface area contributed by atoms with Crippen molar-refractivity contribution in [2.45, 2.75) is 32.9 Å². The van der Waals surface area contributed by atoms with Crippen molar-refractivity contribution in [3.8, 4) is 0 Å². The van der Waals surface area contributed by atoms with Gasteiger partial charge in [-0.05, 0) is 43.5 Å². The highest BCUT2D eigenvalue weighted by molar-refractivity contribution is 5.50. The molecule has 1 N–H and O–H groups in total. The lowest BCUT2D eigenvalue weighted by Gasteiger charge is -2.41. The van der Waals surface area contributed by atoms with Gasteiger partial charge in [0.2, 0.25) is 0 Å². The second-order valence-electron chi connectivity index (χ2n) is 7.02. The summed E-state index contributed by atoms with van der Waals surface area (Å²) in [5.74, 6) is 0. The first-order valence-electron chi connectivity index (χ1n) is 8.79. The summed E-state index contributed by atoms with van der Waals surface area (Å²) < 4.78 is 5.48. The van der Waals surface area contributed by atoms with Crippen molar-refractivity contribution in [3.05, 3.63) is 65.2 Å². The van der Waals surface area contributed by atoms with E-state index in [4.69, 9.17) is 4.74 Å². The average molecular weight is 324 g/mol. The highest BCUT2D eigenvalue weighted by Gasteiger charge is 2.29. The molecule has 0 atom stereocenters. The van der Waals surface area contributed by atoms with Crippen molar-refractivity contribution in [2.24, 2.45) is 0 Å². The first kappa shape index (κ1) is 17.0. The van der Waals surface area contributed by atoms with Crippen LogP contribution >= 0.6 is 0 Å². The molecule has 128 valence electrons. The summed E-state index contributed by atoms with van der Waals surface area (Å²) >= 11 is 0. The van der Waals surface area contributed by atoms with Crippen molar-refractivity contribution >= 4 is 5.69 Å². The van der Waals surface area contributed by atoms with Crippen LogP contribution in [0.1, 0.15) is 30.5 Å². The maximum atomic E-state index is 5.48. The van der Waals surface area contributed by atoms with Gasteiger partial charge >= 0.3 is 0 Å². The van der Waals surface area contributed by atoms with E-state index < -0.39 is 0 Å². The molecule has 0 saturated carbocycles. The third-order valence-corrected chi connectivity index (χ3v) is 5.09. The Hall–Kier alpha value is -1.84. The molecular formula is C21H28N2O. The molecule has 24 heavy (non-hydrogen) atoms. The molecule has 1 saturated heterocycles. The molecule has 2 aromatic rings. The van der Waals surface area contributed by atoms with Gasteiger partial charge in [-0.15, -0.1) is 0 Å². The normalized spacial score (nSPS) is 16.1. The Labute approximate surface area is 145 Å². The lowest BCUT2D eigenvalue weighted by atomic mass is 9.91. The fourth-order valence-corrected chi connectivity index (χ4v) is 3.30. The zero-order chi connectivity index (χ0) is 17.0. The Morgan fingerprint density at radius 2 is 1.67 bits per heavy atom. The number of hydrogen-bond donors (Lipinski definition) is 1. The summed E-state index contributed by atoms with van der Waals surface area (Å²) in [7, 11) is 0. The second kappa shape index (κ2) is 7.37. The average Bonchev–Trinajstić information content (AvgIpc) is 2.62. The van der Waals surface area contributed by atoms with E-state index >= 15 is 0 Å². The van der Waals surface area contributed by atoms with E-state index in [2.05, 4.69) is 79.5 Å². The van der Waals surface area contributed by atoms with Crippen LogP contribution in [0.3, 0.4) is 0 Å². The standard InChI is InChI=1S/C21H28N2O/c1-17-6-4-5-7-20(17)22-16-18-8-10-19(11-9-18)21(2,3)23-12-14-24-15-13-23/h4-11,22H,12-16H2,1-3H3. The van der Waals surface area contributed by atoms with Crippen molar-refractivity contribution in [1.29, 1.82) is 0 Å². The van der Waals surface area contributed by atoms with E-state index in [1.807, 2.05) is 0 Å². The molecule has 1 aliphatic rings. The van der Waals surface area contributed by atoms with E-state index in [1.165, 1.54) is 22.4 Å². The molecule has 0 unspecified atom stereocenters. The summed E-state index contributed by atoms with van der Waals surface area (Å²) in [4.78, 5) is 2.51. The molecule has 0 bridgehead atoms. The van der Waals surface area contributed by atoms with Crippen LogP contribution in [-0.4, -0.2) is 31.2 Å². The summed E-state index contributed by atoms with van der Waals surface area (Å²) in [6, 6.07) is 17.4. The van der Waals surface area contributed by atoms with Crippen molar-refractivity contribution < 1.29 is 4.74 Å². The molecule has 1 heterocycles. The quantitative estimate of drug-likeness (QED) is 0.893. The number of ether oxygens (including phenoxy) is 1. The van der Waals surface area contributed by atoms with Gasteiger partial charge in [0.1, 0.15) is 0 Å². The lowest BCUT2D eigenvalue weighted by molar-refractivity contribution is -0.0118. The Morgan fingerprint density at radius 1 is 1.00 bits per heavy atom. The van der Waals surface area contributed by atoms with Gasteiger partial charge in [0.05, 0.1) is 13.2 Å². The van der Waals surface area contributed by atoms with Crippen LogP contribution in [0.5, 0.6) is 0 Å². The Kier molecular flexibility index (Phi) is 5.22. The van der Waals surface area contributed by atoms with E-state index in [0.29, 0.717) is 0 Å². The number of aryl methyl sites for hydroxylation is 1. The molecule has 0 amide bonds. The zero-order valence-corrected chi connectivity index (χ0v) is 15.0. The van der Waals surface area contributed by atoms with Gasteiger partial charge in [-0.1, -0.05) is 42.5 Å². The lowest BCUT2D eigenvalue weighted by Crippen LogP contribution is -2.47. The molecule has 3 heteroatoms. The van der Waals surface area contributed by atoms with E-state index in [-0.39, 0.29) is 5.54 Å². The van der Waals surface area contributed by atoms with Crippen molar-refractivity contribution in [3.63, 3.8) is 0 Å². The molecule has 0 aromatic heterocycles. The fourth-order valence-electron chi connectivity index (χ4n) is 3.30. The Morgan fingerprint density at radius 3 is 2.33 bits per heavy atom. The van der Waals surface area contributed by atoms with E-state index in [9.17, 15) is 0 Å². The number of anilines is 1. The minimum Gasteiger partial charge on any atom is -0.381 e. The number of hydrogen-bond acceptors (Lipinski definition) is 3. The molecule has 3 rings (SSSR count). The van der Waals surface area contributed by atoms with Gasteiger partial charge in [0.15, 0.2) is 0 Å². The molecule has 3 nitrogen and oxygen atoms in total. The number of para-hydroxylation sites is 1. The highest BCUT2D eigenvalue weighted by Crippen LogP contribution is 2.28. The van der Waals surface area contributed by atoms with Crippen LogP contribution in [0, 0.1) is 6.92 Å². The predicted octanol–water partition coefficient (Wildman–Crippen LogP) is 4.17. The van der Waals surface area contributed by atoms with Gasteiger partial charge in [-0.2, -0.15) is 0 Å². The van der Waals surface area contributed by atoms with Crippen LogP contribution in [0.25, 0.3) is 0 Å². The molecule has 2 aromatic carbocycles. The first-order chi connectivity index (χ1) is 11.6. The van der Waals surface area contributed by atoms with Crippen LogP contribution in [0.2, 0.25) is 0 Å². The van der Waals surface area contributed by atoms with Crippen LogP contribution < -0.4 is 5.32 Å². The number of morpholine rings is 1. The third kappa shape index (κ3) is 3.80. The number of rotatable bonds is 5. The molecule has 1 aliphatic heterocycles. The van der Waals surface area contributed by atoms with Gasteiger partial charge in [0, 0.05) is 30.9 Å². The van der Waals surface area contributed by atoms with Gasteiger partial charge < -0.3 is 10.1 Å². The minimum atomic E-state index is 0.0474. The number of benzene rings is 2. The summed E-state index contributed by atoms with van der Waals surface area (Å²) in [6.45, 7) is 11.3. The van der Waals surface area contributed by atoms with Gasteiger partial charge in [0.25, 0.3) is 0 Å². The third-order valence-electron chi connectivity index (χ3n) is 5.09. The zero-order valence-electron chi connectivity index (χ0n) is 15.0. The number of nitrogens with zero attached hydrogens (tertiary/aromatic N) is 1. The number of nitrogens with one attached hydrogen (secondary N) is 1. The molecular weight excluding hydrogens is 296 g/mol. The van der Waals surface area contributed by atoms with Gasteiger partial charge in [-0.3, -0.25) is 4.90 Å². The van der Waals surface area contributed by atoms with Crippen LogP contribution in [0.15, 0.2) is 48.5 Å². The minimum absolute atomic E-state index is 0.0474. The monoisotopic (exact) mass is 324 g/mol. The van der Waals surface area contributed by atoms with Gasteiger partial charge in [-0.25, -0.2) is 0 Å². The molecule has 0 aliphatic carbocycles. The van der Waals surface area contributed by atoms with Crippen LogP contribution in [0.4, 0.5) is 5.69 Å². The topological polar surface area (TPSA) is 24.5 Å². The maximum Gasteiger partial charge on any atom is 0.0594 e. The Bertz CT molecular complexity index is 658. The fraction of sp³-hybridized carbons (Fsp3) is 0.429. The largest absolute Gasteiger partial charge is 0.381 e. The molecule has 0 radical (unpaired) electrons. The Balaban J connectivity index is 1.65.